The van der Waals surface area contributed by atoms with Crippen LogP contribution in [0.5, 0.6) is 0 Å². The minimum atomic E-state index is -0.842. The summed E-state index contributed by atoms with van der Waals surface area (Å²) in [5, 5.41) is 7.67. The molecular formula is C27H29N3O4S. The van der Waals surface area contributed by atoms with Crippen LogP contribution in [-0.4, -0.2) is 35.4 Å². The van der Waals surface area contributed by atoms with Crippen molar-refractivity contribution in [1.82, 2.24) is 10.2 Å². The molecule has 2 heterocycles. The maximum absolute atomic E-state index is 13.3. The van der Waals surface area contributed by atoms with Crippen LogP contribution in [0.4, 0.5) is 10.5 Å². The van der Waals surface area contributed by atoms with E-state index in [1.54, 1.807) is 30.3 Å². The Balaban J connectivity index is 1.60. The van der Waals surface area contributed by atoms with E-state index < -0.39 is 18.2 Å². The van der Waals surface area contributed by atoms with Gasteiger partial charge < -0.3 is 15.4 Å². The van der Waals surface area contributed by atoms with Crippen LogP contribution >= 0.6 is 11.3 Å². The minimum Gasteiger partial charge on any atom is -0.438 e. The molecule has 0 bridgehead atoms. The van der Waals surface area contributed by atoms with Gasteiger partial charge >= 0.3 is 6.09 Å². The van der Waals surface area contributed by atoms with Crippen molar-refractivity contribution in [3.05, 3.63) is 87.6 Å². The molecule has 2 atom stereocenters. The Morgan fingerprint density at radius 1 is 1.09 bits per heavy atom. The van der Waals surface area contributed by atoms with Gasteiger partial charge in [0.25, 0.3) is 5.91 Å². The van der Waals surface area contributed by atoms with E-state index >= 15 is 0 Å². The van der Waals surface area contributed by atoms with Gasteiger partial charge in [-0.2, -0.15) is 0 Å². The van der Waals surface area contributed by atoms with E-state index in [4.69, 9.17) is 4.74 Å². The molecule has 8 heteroatoms. The molecule has 1 aliphatic heterocycles. The fraction of sp³-hybridized carbons (Fsp3) is 0.296. The SMILES string of the molecule is Cc1ccc(CN2C(=O)O[C@H](c3cccc(NC(=O)c4cccs4)c3)[C@H]2C(=O)NCC(C)C)cc1. The zero-order valence-electron chi connectivity index (χ0n) is 20.0. The molecular weight excluding hydrogens is 462 g/mol. The minimum absolute atomic E-state index is 0.215. The summed E-state index contributed by atoms with van der Waals surface area (Å²) in [5.74, 6) is -0.223. The maximum Gasteiger partial charge on any atom is 0.411 e. The molecule has 0 saturated carbocycles. The lowest BCUT2D eigenvalue weighted by molar-refractivity contribution is -0.126. The lowest BCUT2D eigenvalue weighted by Gasteiger charge is -2.25. The Bertz CT molecular complexity index is 1190. The lowest BCUT2D eigenvalue weighted by Crippen LogP contribution is -2.47. The van der Waals surface area contributed by atoms with E-state index in [9.17, 15) is 14.4 Å². The number of nitrogens with one attached hydrogen (secondary N) is 2. The first-order chi connectivity index (χ1) is 16.8. The number of benzene rings is 2. The van der Waals surface area contributed by atoms with Gasteiger partial charge in [0.15, 0.2) is 12.1 Å². The summed E-state index contributed by atoms with van der Waals surface area (Å²) in [4.78, 5) is 40.8. The van der Waals surface area contributed by atoms with Gasteiger partial charge in [0, 0.05) is 12.2 Å². The van der Waals surface area contributed by atoms with Gasteiger partial charge in [-0.3, -0.25) is 14.5 Å². The number of amides is 3. The van der Waals surface area contributed by atoms with E-state index in [2.05, 4.69) is 10.6 Å². The van der Waals surface area contributed by atoms with Gasteiger partial charge in [0.05, 0.1) is 11.4 Å². The fourth-order valence-corrected chi connectivity index (χ4v) is 4.52. The van der Waals surface area contributed by atoms with Crippen molar-refractivity contribution >= 4 is 34.9 Å². The van der Waals surface area contributed by atoms with Crippen molar-refractivity contribution in [3.8, 4) is 0 Å². The van der Waals surface area contributed by atoms with Crippen LogP contribution in [0, 0.1) is 12.8 Å². The first-order valence-electron chi connectivity index (χ1n) is 11.6. The molecule has 1 saturated heterocycles. The number of nitrogens with zero attached hydrogens (tertiary/aromatic N) is 1. The third kappa shape index (κ3) is 5.89. The Hall–Kier alpha value is -3.65. The van der Waals surface area contributed by atoms with E-state index in [1.807, 2.05) is 56.5 Å². The zero-order chi connectivity index (χ0) is 24.9. The normalized spacial score (nSPS) is 17.4. The van der Waals surface area contributed by atoms with E-state index in [1.165, 1.54) is 16.2 Å². The molecule has 1 aliphatic rings. The van der Waals surface area contributed by atoms with E-state index in [0.717, 1.165) is 11.1 Å². The molecule has 3 aromatic rings. The third-order valence-corrected chi connectivity index (χ3v) is 6.60. The third-order valence-electron chi connectivity index (χ3n) is 5.73. The van der Waals surface area contributed by atoms with Crippen LogP contribution in [0.25, 0.3) is 0 Å². The van der Waals surface area contributed by atoms with E-state index in [-0.39, 0.29) is 24.3 Å². The second-order valence-corrected chi connectivity index (χ2v) is 10.0. The number of hydrogen-bond acceptors (Lipinski definition) is 5. The molecule has 2 N–H and O–H groups in total. The van der Waals surface area contributed by atoms with Gasteiger partial charge in [0.1, 0.15) is 0 Å². The molecule has 1 aromatic heterocycles. The quantitative estimate of drug-likeness (QED) is 0.457. The van der Waals surface area contributed by atoms with Gasteiger partial charge in [-0.25, -0.2) is 4.79 Å². The van der Waals surface area contributed by atoms with Crippen LogP contribution in [-0.2, 0) is 16.1 Å². The Labute approximate surface area is 209 Å². The highest BCUT2D eigenvalue weighted by molar-refractivity contribution is 7.12. The summed E-state index contributed by atoms with van der Waals surface area (Å²) >= 11 is 1.35. The first-order valence-corrected chi connectivity index (χ1v) is 12.4. The average molecular weight is 492 g/mol. The zero-order valence-corrected chi connectivity index (χ0v) is 20.8. The second kappa shape index (κ2) is 10.7. The highest BCUT2D eigenvalue weighted by Crippen LogP contribution is 2.35. The molecule has 4 rings (SSSR count). The smallest absolute Gasteiger partial charge is 0.411 e. The summed E-state index contributed by atoms with van der Waals surface area (Å²) in [6.07, 6.45) is -1.35. The van der Waals surface area contributed by atoms with Crippen LogP contribution in [0.3, 0.4) is 0 Å². The number of aryl methyl sites for hydroxylation is 1. The Morgan fingerprint density at radius 3 is 2.54 bits per heavy atom. The molecule has 35 heavy (non-hydrogen) atoms. The largest absolute Gasteiger partial charge is 0.438 e. The van der Waals surface area contributed by atoms with Crippen molar-refractivity contribution in [2.45, 2.75) is 39.5 Å². The summed E-state index contributed by atoms with van der Waals surface area (Å²) in [7, 11) is 0. The summed E-state index contributed by atoms with van der Waals surface area (Å²) in [5.41, 5.74) is 3.23. The number of cyclic esters (lactones) is 1. The number of thiophene rings is 1. The van der Waals surface area contributed by atoms with Crippen molar-refractivity contribution < 1.29 is 19.1 Å². The summed E-state index contributed by atoms with van der Waals surface area (Å²) in [6, 6.07) is 17.7. The number of anilines is 1. The monoisotopic (exact) mass is 491 g/mol. The van der Waals surface area contributed by atoms with Crippen LogP contribution in [0.2, 0.25) is 0 Å². The Kier molecular flexibility index (Phi) is 7.51. The van der Waals surface area contributed by atoms with Crippen molar-refractivity contribution in [2.24, 2.45) is 5.92 Å². The molecule has 182 valence electrons. The number of ether oxygens (including phenoxy) is 1. The van der Waals surface area contributed by atoms with Gasteiger partial charge in [-0.05, 0) is 47.5 Å². The predicted molar refractivity (Wildman–Crippen MR) is 136 cm³/mol. The number of carbonyl (C=O) groups excluding carboxylic acids is 3. The van der Waals surface area contributed by atoms with Gasteiger partial charge in [-0.1, -0.05) is 61.9 Å². The average Bonchev–Trinajstić information content (AvgIpc) is 3.48. The van der Waals surface area contributed by atoms with Crippen molar-refractivity contribution in [1.29, 1.82) is 0 Å². The fourth-order valence-electron chi connectivity index (χ4n) is 3.90. The molecule has 0 radical (unpaired) electrons. The number of carbonyl (C=O) groups is 3. The van der Waals surface area contributed by atoms with Crippen LogP contribution < -0.4 is 10.6 Å². The maximum atomic E-state index is 13.3. The molecule has 0 aliphatic carbocycles. The Morgan fingerprint density at radius 2 is 1.86 bits per heavy atom. The first kappa shape index (κ1) is 24.5. The second-order valence-electron chi connectivity index (χ2n) is 9.06. The molecule has 7 nitrogen and oxygen atoms in total. The summed E-state index contributed by atoms with van der Waals surface area (Å²) in [6.45, 7) is 6.77. The molecule has 0 unspecified atom stereocenters. The van der Waals surface area contributed by atoms with Gasteiger partial charge in [-0.15, -0.1) is 11.3 Å². The number of rotatable bonds is 8. The number of hydrogen-bond donors (Lipinski definition) is 2. The lowest BCUT2D eigenvalue weighted by atomic mass is 9.99. The molecule has 2 aromatic carbocycles. The standard InChI is InChI=1S/C27H29N3O4S/c1-17(2)15-28-26(32)23-24(34-27(33)30(23)16-19-11-9-18(3)10-12-19)20-6-4-7-21(14-20)29-25(31)22-8-5-13-35-22/h4-14,17,23-24H,15-16H2,1-3H3,(H,28,32)(H,29,31)/t23-,24+/m0/s1. The van der Waals surface area contributed by atoms with E-state index in [0.29, 0.717) is 22.7 Å². The molecule has 3 amide bonds. The van der Waals surface area contributed by atoms with Crippen LogP contribution in [0.1, 0.15) is 46.3 Å². The van der Waals surface area contributed by atoms with Crippen LogP contribution in [0.15, 0.2) is 66.0 Å². The predicted octanol–water partition coefficient (Wildman–Crippen LogP) is 5.14. The molecule has 0 spiro atoms. The molecule has 1 fully saturated rings. The van der Waals surface area contributed by atoms with Crippen molar-refractivity contribution in [3.63, 3.8) is 0 Å². The highest BCUT2D eigenvalue weighted by Gasteiger charge is 2.47. The van der Waals surface area contributed by atoms with Crippen molar-refractivity contribution in [2.75, 3.05) is 11.9 Å². The topological polar surface area (TPSA) is 87.7 Å². The summed E-state index contributed by atoms with van der Waals surface area (Å²) < 4.78 is 5.74. The highest BCUT2D eigenvalue weighted by atomic mass is 32.1. The van der Waals surface area contributed by atoms with Gasteiger partial charge in [0.2, 0.25) is 5.91 Å².